The van der Waals surface area contributed by atoms with Crippen molar-refractivity contribution in [3.8, 4) is 17.2 Å². The second-order valence-electron chi connectivity index (χ2n) is 9.29. The first-order chi connectivity index (χ1) is 17.5. The molecule has 1 saturated carbocycles. The van der Waals surface area contributed by atoms with E-state index < -0.39 is 11.8 Å². The fraction of sp³-hybridized carbons (Fsp3) is 0.370. The summed E-state index contributed by atoms with van der Waals surface area (Å²) < 4.78 is 0.842. The minimum absolute atomic E-state index is 0.0615. The van der Waals surface area contributed by atoms with Crippen molar-refractivity contribution in [2.45, 2.75) is 44.1 Å². The summed E-state index contributed by atoms with van der Waals surface area (Å²) in [6, 6.07) is 15.6. The first kappa shape index (κ1) is 23.9. The van der Waals surface area contributed by atoms with Gasteiger partial charge in [-0.05, 0) is 67.5 Å². The van der Waals surface area contributed by atoms with E-state index in [2.05, 4.69) is 15.6 Å². The van der Waals surface area contributed by atoms with Crippen molar-refractivity contribution >= 4 is 39.3 Å². The summed E-state index contributed by atoms with van der Waals surface area (Å²) in [5.74, 6) is -1.82. The number of carbonyl (C=O) groups excluding carboxylic acids is 3. The Labute approximate surface area is 213 Å². The van der Waals surface area contributed by atoms with Gasteiger partial charge in [-0.15, -0.1) is 11.3 Å². The SMILES string of the molecule is N#CC(C(=O)NCC(=O)NC1CC1)c1nc2ccc(-c3cccc(C(=O)N4CCCCC4)c3)cc2s1. The first-order valence-corrected chi connectivity index (χ1v) is 13.1. The van der Waals surface area contributed by atoms with Crippen molar-refractivity contribution in [2.75, 3.05) is 19.6 Å². The number of amides is 3. The molecule has 0 bridgehead atoms. The summed E-state index contributed by atoms with van der Waals surface area (Å²) in [4.78, 5) is 43.8. The third-order valence-corrected chi connectivity index (χ3v) is 7.58. The molecule has 184 valence electrons. The third-order valence-electron chi connectivity index (χ3n) is 6.49. The zero-order valence-corrected chi connectivity index (χ0v) is 20.6. The number of fused-ring (bicyclic) bond motifs is 1. The Bertz CT molecular complexity index is 1350. The van der Waals surface area contributed by atoms with E-state index in [1.807, 2.05) is 53.4 Å². The summed E-state index contributed by atoms with van der Waals surface area (Å²) in [6.07, 6.45) is 5.20. The van der Waals surface area contributed by atoms with Crippen LogP contribution in [0.4, 0.5) is 0 Å². The molecule has 0 radical (unpaired) electrons. The zero-order valence-electron chi connectivity index (χ0n) is 19.8. The van der Waals surface area contributed by atoms with Gasteiger partial charge in [0.2, 0.25) is 11.8 Å². The van der Waals surface area contributed by atoms with Crippen LogP contribution in [0.15, 0.2) is 42.5 Å². The van der Waals surface area contributed by atoms with E-state index >= 15 is 0 Å². The molecule has 8 nitrogen and oxygen atoms in total. The smallest absolute Gasteiger partial charge is 0.253 e. The molecule has 0 spiro atoms. The van der Waals surface area contributed by atoms with Crippen LogP contribution in [0.2, 0.25) is 0 Å². The molecular formula is C27H27N5O3S. The highest BCUT2D eigenvalue weighted by Crippen LogP contribution is 2.32. The Hall–Kier alpha value is -3.77. The molecule has 3 amide bonds. The number of rotatable bonds is 7. The maximum absolute atomic E-state index is 12.9. The number of benzene rings is 2. The van der Waals surface area contributed by atoms with Crippen molar-refractivity contribution in [3.63, 3.8) is 0 Å². The normalized spacial score (nSPS) is 16.2. The topological polar surface area (TPSA) is 115 Å². The van der Waals surface area contributed by atoms with E-state index in [0.29, 0.717) is 16.1 Å². The highest BCUT2D eigenvalue weighted by molar-refractivity contribution is 7.18. The second-order valence-corrected chi connectivity index (χ2v) is 10.4. The van der Waals surface area contributed by atoms with Gasteiger partial charge in [-0.2, -0.15) is 5.26 Å². The van der Waals surface area contributed by atoms with Gasteiger partial charge in [-0.3, -0.25) is 14.4 Å². The van der Waals surface area contributed by atoms with Crippen LogP contribution in [-0.4, -0.2) is 53.3 Å². The Morgan fingerprint density at radius 3 is 2.61 bits per heavy atom. The van der Waals surface area contributed by atoms with Gasteiger partial charge in [0.25, 0.3) is 5.91 Å². The fourth-order valence-electron chi connectivity index (χ4n) is 4.36. The van der Waals surface area contributed by atoms with E-state index in [9.17, 15) is 19.6 Å². The van der Waals surface area contributed by atoms with Crippen LogP contribution >= 0.6 is 11.3 Å². The Kier molecular flexibility index (Phi) is 6.96. The zero-order chi connectivity index (χ0) is 25.1. The number of nitrogens with one attached hydrogen (secondary N) is 2. The third kappa shape index (κ3) is 5.39. The molecule has 1 unspecified atom stereocenters. The molecule has 2 aliphatic rings. The molecule has 9 heteroatoms. The Balaban J connectivity index is 1.32. The average Bonchev–Trinajstić information content (AvgIpc) is 3.63. The molecular weight excluding hydrogens is 474 g/mol. The van der Waals surface area contributed by atoms with Gasteiger partial charge in [0.1, 0.15) is 5.01 Å². The molecule has 2 fully saturated rings. The molecule has 3 aromatic rings. The molecule has 1 aliphatic heterocycles. The van der Waals surface area contributed by atoms with Crippen LogP contribution in [0.3, 0.4) is 0 Å². The summed E-state index contributed by atoms with van der Waals surface area (Å²) in [6.45, 7) is 1.45. The molecule has 1 aromatic heterocycles. The van der Waals surface area contributed by atoms with Crippen molar-refractivity contribution in [3.05, 3.63) is 53.0 Å². The molecule has 1 atom stereocenters. The van der Waals surface area contributed by atoms with Gasteiger partial charge in [-0.1, -0.05) is 18.2 Å². The maximum atomic E-state index is 12.9. The number of carbonyl (C=O) groups is 3. The predicted octanol–water partition coefficient (Wildman–Crippen LogP) is 3.59. The minimum atomic E-state index is -1.09. The molecule has 1 saturated heterocycles. The van der Waals surface area contributed by atoms with E-state index in [1.54, 1.807) is 0 Å². The lowest BCUT2D eigenvalue weighted by Gasteiger charge is -2.26. The number of likely N-dealkylation sites (tertiary alicyclic amines) is 1. The molecule has 36 heavy (non-hydrogen) atoms. The predicted molar refractivity (Wildman–Crippen MR) is 137 cm³/mol. The van der Waals surface area contributed by atoms with Gasteiger partial charge >= 0.3 is 0 Å². The Morgan fingerprint density at radius 1 is 1.08 bits per heavy atom. The number of hydrogen-bond donors (Lipinski definition) is 2. The van der Waals surface area contributed by atoms with Gasteiger partial charge in [0, 0.05) is 24.7 Å². The summed E-state index contributed by atoms with van der Waals surface area (Å²) in [7, 11) is 0. The number of aromatic nitrogens is 1. The number of nitrogens with zero attached hydrogens (tertiary/aromatic N) is 3. The van der Waals surface area contributed by atoms with E-state index in [0.717, 1.165) is 54.6 Å². The minimum Gasteiger partial charge on any atom is -0.352 e. The van der Waals surface area contributed by atoms with Crippen LogP contribution in [0.5, 0.6) is 0 Å². The van der Waals surface area contributed by atoms with E-state index in [4.69, 9.17) is 0 Å². The largest absolute Gasteiger partial charge is 0.352 e. The number of hydrogen-bond acceptors (Lipinski definition) is 6. The monoisotopic (exact) mass is 501 g/mol. The highest BCUT2D eigenvalue weighted by Gasteiger charge is 2.27. The summed E-state index contributed by atoms with van der Waals surface area (Å²) >= 11 is 1.29. The van der Waals surface area contributed by atoms with Gasteiger partial charge in [0.15, 0.2) is 5.92 Å². The fourth-order valence-corrected chi connectivity index (χ4v) is 5.41. The quantitative estimate of drug-likeness (QED) is 0.513. The van der Waals surface area contributed by atoms with Crippen molar-refractivity contribution < 1.29 is 14.4 Å². The maximum Gasteiger partial charge on any atom is 0.253 e. The van der Waals surface area contributed by atoms with Gasteiger partial charge < -0.3 is 15.5 Å². The van der Waals surface area contributed by atoms with Crippen molar-refractivity contribution in [1.29, 1.82) is 5.26 Å². The van der Waals surface area contributed by atoms with Gasteiger partial charge in [0.05, 0.1) is 22.8 Å². The molecule has 1 aliphatic carbocycles. The van der Waals surface area contributed by atoms with Crippen LogP contribution in [-0.2, 0) is 9.59 Å². The lowest BCUT2D eigenvalue weighted by molar-refractivity contribution is -0.126. The number of nitriles is 1. The second kappa shape index (κ2) is 10.5. The molecule has 2 N–H and O–H groups in total. The summed E-state index contributed by atoms with van der Waals surface area (Å²) in [5.41, 5.74) is 3.22. The van der Waals surface area contributed by atoms with Crippen LogP contribution in [0.25, 0.3) is 21.3 Å². The Morgan fingerprint density at radius 2 is 1.86 bits per heavy atom. The lowest BCUT2D eigenvalue weighted by atomic mass is 10.0. The van der Waals surface area contributed by atoms with E-state index in [1.165, 1.54) is 17.8 Å². The van der Waals surface area contributed by atoms with Crippen LogP contribution in [0, 0.1) is 11.3 Å². The lowest BCUT2D eigenvalue weighted by Crippen LogP contribution is -2.39. The molecule has 2 aromatic carbocycles. The molecule has 5 rings (SSSR count). The van der Waals surface area contributed by atoms with E-state index in [-0.39, 0.29) is 24.4 Å². The van der Waals surface area contributed by atoms with Crippen molar-refractivity contribution in [2.24, 2.45) is 0 Å². The summed E-state index contributed by atoms with van der Waals surface area (Å²) in [5, 5.41) is 15.4. The van der Waals surface area contributed by atoms with Gasteiger partial charge in [-0.25, -0.2) is 4.98 Å². The van der Waals surface area contributed by atoms with Crippen LogP contribution in [0.1, 0.15) is 53.4 Å². The van der Waals surface area contributed by atoms with Crippen molar-refractivity contribution in [1.82, 2.24) is 20.5 Å². The number of thiazole rings is 1. The number of piperidine rings is 1. The average molecular weight is 502 g/mol. The standard InChI is InChI=1S/C27H27N5O3S/c28-15-21(25(34)29-16-24(33)30-20-8-9-20)26-31-22-10-7-18(14-23(22)36-26)17-5-4-6-19(13-17)27(35)32-11-2-1-3-12-32/h4-7,10,13-14,20-21H,1-3,8-9,11-12,16H2,(H,29,34)(H,30,33). The van der Waals surface area contributed by atoms with Crippen LogP contribution < -0.4 is 10.6 Å². The first-order valence-electron chi connectivity index (χ1n) is 12.3. The molecule has 2 heterocycles. The highest BCUT2D eigenvalue weighted by atomic mass is 32.1.